The van der Waals surface area contributed by atoms with Gasteiger partial charge in [-0.1, -0.05) is 18.2 Å². The highest BCUT2D eigenvalue weighted by molar-refractivity contribution is 5.35. The molecule has 2 unspecified atom stereocenters. The quantitative estimate of drug-likeness (QED) is 0.810. The molecule has 112 valence electrons. The summed E-state index contributed by atoms with van der Waals surface area (Å²) in [5.41, 5.74) is 4.42. The number of nitrogens with one attached hydrogen (secondary N) is 1. The van der Waals surface area contributed by atoms with Gasteiger partial charge in [-0.15, -0.1) is 0 Å². The SMILES string of the molecule is COC(OC)C(C)NC(C)c1ccc2c(c1)CCCC2. The van der Waals surface area contributed by atoms with E-state index in [-0.39, 0.29) is 12.3 Å². The van der Waals surface area contributed by atoms with Crippen LogP contribution in [0, 0.1) is 0 Å². The minimum absolute atomic E-state index is 0.149. The highest BCUT2D eigenvalue weighted by atomic mass is 16.7. The molecule has 1 aliphatic carbocycles. The first-order valence-electron chi connectivity index (χ1n) is 7.59. The van der Waals surface area contributed by atoms with Crippen LogP contribution in [0.5, 0.6) is 0 Å². The summed E-state index contributed by atoms with van der Waals surface area (Å²) >= 11 is 0. The summed E-state index contributed by atoms with van der Waals surface area (Å²) < 4.78 is 10.6. The van der Waals surface area contributed by atoms with Crippen molar-refractivity contribution in [3.8, 4) is 0 Å². The monoisotopic (exact) mass is 277 g/mol. The fourth-order valence-corrected chi connectivity index (χ4v) is 3.10. The van der Waals surface area contributed by atoms with Gasteiger partial charge in [0.1, 0.15) is 0 Å². The Morgan fingerprint density at radius 3 is 2.30 bits per heavy atom. The smallest absolute Gasteiger partial charge is 0.171 e. The molecule has 3 heteroatoms. The third kappa shape index (κ3) is 3.60. The van der Waals surface area contributed by atoms with E-state index in [9.17, 15) is 0 Å². The van der Waals surface area contributed by atoms with Crippen LogP contribution in [0.4, 0.5) is 0 Å². The molecule has 20 heavy (non-hydrogen) atoms. The summed E-state index contributed by atoms with van der Waals surface area (Å²) in [6.07, 6.45) is 4.91. The molecule has 0 saturated heterocycles. The molecular formula is C17H27NO2. The van der Waals surface area contributed by atoms with Crippen LogP contribution in [0.3, 0.4) is 0 Å². The van der Waals surface area contributed by atoms with Gasteiger partial charge >= 0.3 is 0 Å². The molecule has 0 radical (unpaired) electrons. The number of benzene rings is 1. The predicted octanol–water partition coefficient (Wildman–Crippen LogP) is 3.22. The van der Waals surface area contributed by atoms with Crippen LogP contribution in [-0.2, 0) is 22.3 Å². The maximum atomic E-state index is 5.30. The molecule has 2 atom stereocenters. The zero-order valence-corrected chi connectivity index (χ0v) is 13.1. The summed E-state index contributed by atoms with van der Waals surface area (Å²) in [6, 6.07) is 7.37. The van der Waals surface area contributed by atoms with Crippen molar-refractivity contribution in [1.29, 1.82) is 0 Å². The fraction of sp³-hybridized carbons (Fsp3) is 0.647. The van der Waals surface area contributed by atoms with Crippen molar-refractivity contribution in [2.75, 3.05) is 14.2 Å². The first-order chi connectivity index (χ1) is 9.65. The Labute approximate surface area is 122 Å². The van der Waals surface area contributed by atoms with E-state index in [0.717, 1.165) is 0 Å². The lowest BCUT2D eigenvalue weighted by atomic mass is 9.89. The van der Waals surface area contributed by atoms with Gasteiger partial charge in [0.25, 0.3) is 0 Å². The molecule has 0 bridgehead atoms. The molecule has 1 aliphatic rings. The number of methoxy groups -OCH3 is 2. The van der Waals surface area contributed by atoms with E-state index in [2.05, 4.69) is 37.4 Å². The average Bonchev–Trinajstić information content (AvgIpc) is 2.48. The van der Waals surface area contributed by atoms with Gasteiger partial charge in [0.2, 0.25) is 0 Å². The van der Waals surface area contributed by atoms with Gasteiger partial charge in [-0.05, 0) is 56.2 Å². The van der Waals surface area contributed by atoms with Crippen molar-refractivity contribution >= 4 is 0 Å². The maximum absolute atomic E-state index is 5.30. The summed E-state index contributed by atoms with van der Waals surface area (Å²) in [6.45, 7) is 4.29. The minimum atomic E-state index is -0.213. The second-order valence-corrected chi connectivity index (χ2v) is 5.75. The number of hydrogen-bond donors (Lipinski definition) is 1. The van der Waals surface area contributed by atoms with Crippen LogP contribution < -0.4 is 5.32 Å². The van der Waals surface area contributed by atoms with Gasteiger partial charge in [-0.2, -0.15) is 0 Å². The summed E-state index contributed by atoms with van der Waals surface area (Å²) in [5.74, 6) is 0. The number of fused-ring (bicyclic) bond motifs is 1. The Hall–Kier alpha value is -0.900. The second kappa shape index (κ2) is 7.21. The Morgan fingerprint density at radius 2 is 1.65 bits per heavy atom. The molecule has 0 aromatic heterocycles. The Bertz CT molecular complexity index is 429. The molecule has 2 rings (SSSR count). The second-order valence-electron chi connectivity index (χ2n) is 5.75. The third-order valence-electron chi connectivity index (χ3n) is 4.26. The average molecular weight is 277 g/mol. The van der Waals surface area contributed by atoms with E-state index >= 15 is 0 Å². The third-order valence-corrected chi connectivity index (χ3v) is 4.26. The number of rotatable bonds is 6. The normalized spacial score (nSPS) is 17.9. The molecule has 0 spiro atoms. The van der Waals surface area contributed by atoms with E-state index in [1.54, 1.807) is 14.2 Å². The van der Waals surface area contributed by atoms with E-state index in [4.69, 9.17) is 9.47 Å². The van der Waals surface area contributed by atoms with Crippen molar-refractivity contribution in [3.05, 3.63) is 34.9 Å². The lowest BCUT2D eigenvalue weighted by Gasteiger charge is -2.27. The fourth-order valence-electron chi connectivity index (χ4n) is 3.10. The number of hydrogen-bond acceptors (Lipinski definition) is 3. The van der Waals surface area contributed by atoms with Crippen molar-refractivity contribution in [3.63, 3.8) is 0 Å². The van der Waals surface area contributed by atoms with Gasteiger partial charge in [0.05, 0.1) is 6.04 Å². The molecule has 3 nitrogen and oxygen atoms in total. The summed E-state index contributed by atoms with van der Waals surface area (Å²) in [5, 5.41) is 3.55. The van der Waals surface area contributed by atoms with Gasteiger partial charge in [-0.3, -0.25) is 0 Å². The number of ether oxygens (including phenoxy) is 2. The van der Waals surface area contributed by atoms with Crippen LogP contribution in [0.2, 0.25) is 0 Å². The van der Waals surface area contributed by atoms with Gasteiger partial charge < -0.3 is 14.8 Å². The zero-order valence-electron chi connectivity index (χ0n) is 13.1. The Morgan fingerprint density at radius 1 is 1.00 bits per heavy atom. The van der Waals surface area contributed by atoms with Crippen LogP contribution in [0.1, 0.15) is 49.4 Å². The van der Waals surface area contributed by atoms with Gasteiger partial charge in [-0.25, -0.2) is 0 Å². The van der Waals surface area contributed by atoms with Crippen molar-refractivity contribution in [2.45, 2.75) is 57.9 Å². The molecule has 0 amide bonds. The highest BCUT2D eigenvalue weighted by Gasteiger charge is 2.19. The molecule has 0 heterocycles. The largest absolute Gasteiger partial charge is 0.354 e. The van der Waals surface area contributed by atoms with Crippen molar-refractivity contribution in [1.82, 2.24) is 5.32 Å². The molecule has 0 fully saturated rings. The van der Waals surface area contributed by atoms with E-state index in [0.29, 0.717) is 6.04 Å². The highest BCUT2D eigenvalue weighted by Crippen LogP contribution is 2.25. The molecule has 1 N–H and O–H groups in total. The first-order valence-corrected chi connectivity index (χ1v) is 7.59. The molecule has 0 aliphatic heterocycles. The predicted molar refractivity (Wildman–Crippen MR) is 81.9 cm³/mol. The van der Waals surface area contributed by atoms with Gasteiger partial charge in [0.15, 0.2) is 6.29 Å². The lowest BCUT2D eigenvalue weighted by Crippen LogP contribution is -2.40. The van der Waals surface area contributed by atoms with E-state index < -0.39 is 0 Å². The van der Waals surface area contributed by atoms with E-state index in [1.807, 2.05) is 0 Å². The molecular weight excluding hydrogens is 250 g/mol. The first kappa shape index (κ1) is 15.5. The Kier molecular flexibility index (Phi) is 5.58. The van der Waals surface area contributed by atoms with E-state index in [1.165, 1.54) is 42.4 Å². The number of aryl methyl sites for hydroxylation is 2. The van der Waals surface area contributed by atoms with Crippen molar-refractivity contribution < 1.29 is 9.47 Å². The minimum Gasteiger partial charge on any atom is -0.354 e. The maximum Gasteiger partial charge on any atom is 0.171 e. The van der Waals surface area contributed by atoms with Gasteiger partial charge in [0, 0.05) is 20.3 Å². The lowest BCUT2D eigenvalue weighted by molar-refractivity contribution is -0.120. The topological polar surface area (TPSA) is 30.5 Å². The standard InChI is InChI=1S/C17H27NO2/c1-12(18-13(2)17(19-3)20-4)15-10-9-14-7-5-6-8-16(14)11-15/h9-13,17-18H,5-8H2,1-4H3. The molecule has 0 saturated carbocycles. The summed E-state index contributed by atoms with van der Waals surface area (Å²) in [4.78, 5) is 0. The Balaban J connectivity index is 2.03. The van der Waals surface area contributed by atoms with Crippen LogP contribution in [0.15, 0.2) is 18.2 Å². The van der Waals surface area contributed by atoms with Crippen LogP contribution in [-0.4, -0.2) is 26.6 Å². The summed E-state index contributed by atoms with van der Waals surface area (Å²) in [7, 11) is 3.35. The molecule has 1 aromatic rings. The van der Waals surface area contributed by atoms with Crippen LogP contribution >= 0.6 is 0 Å². The van der Waals surface area contributed by atoms with Crippen molar-refractivity contribution in [2.24, 2.45) is 0 Å². The zero-order chi connectivity index (χ0) is 14.5. The molecule has 1 aromatic carbocycles. The van der Waals surface area contributed by atoms with Crippen LogP contribution in [0.25, 0.3) is 0 Å².